The largest absolute Gasteiger partial charge is 0.480 e. The summed E-state index contributed by atoms with van der Waals surface area (Å²) in [7, 11) is 0. The molecule has 0 fully saturated rings. The summed E-state index contributed by atoms with van der Waals surface area (Å²) in [6, 6.07) is -2.95. The third-order valence-corrected chi connectivity index (χ3v) is 3.52. The Balaban J connectivity index is -0.000000109. The van der Waals surface area contributed by atoms with Crippen molar-refractivity contribution in [2.45, 2.75) is 65.2 Å². The SMILES string of the molecule is CC(C)C[C@H](N)C(=O)O.CC(C)[C@H](N)C(=O)O.C[C@H](N)C(=O)O.NCC(=O)O.N[C@@H](CS)C(=O)O. The maximum atomic E-state index is 10.1. The fraction of sp³-hybridized carbons (Fsp3) is 0.737. The van der Waals surface area contributed by atoms with Crippen molar-refractivity contribution in [3.05, 3.63) is 0 Å². The summed E-state index contributed by atoms with van der Waals surface area (Å²) in [6.45, 7) is 8.59. The third kappa shape index (κ3) is 42.2. The van der Waals surface area contributed by atoms with Gasteiger partial charge in [-0.05, 0) is 25.2 Å². The molecule has 0 saturated carbocycles. The molecule has 0 rings (SSSR count). The molecular formula is C19H43N5O10S. The normalized spacial score (nSPS) is 12.8. The molecule has 0 aliphatic rings. The van der Waals surface area contributed by atoms with E-state index >= 15 is 0 Å². The maximum absolute atomic E-state index is 10.1. The van der Waals surface area contributed by atoms with E-state index in [-0.39, 0.29) is 18.2 Å². The van der Waals surface area contributed by atoms with Gasteiger partial charge in [0.15, 0.2) is 0 Å². The highest BCUT2D eigenvalue weighted by Crippen LogP contribution is 2.01. The lowest BCUT2D eigenvalue weighted by atomic mass is 10.1. The van der Waals surface area contributed by atoms with Crippen molar-refractivity contribution in [2.75, 3.05) is 12.3 Å². The van der Waals surface area contributed by atoms with E-state index in [1.54, 1.807) is 13.8 Å². The average molecular weight is 534 g/mol. The quantitative estimate of drug-likeness (QED) is 0.147. The lowest BCUT2D eigenvalue weighted by Crippen LogP contribution is -2.34. The molecule has 0 aromatic heterocycles. The zero-order chi connectivity index (χ0) is 29.5. The monoisotopic (exact) mass is 533 g/mol. The Morgan fingerprint density at radius 3 is 1.03 bits per heavy atom. The maximum Gasteiger partial charge on any atom is 0.321 e. The number of carboxylic acids is 5. The predicted octanol–water partition coefficient (Wildman–Crippen LogP) is -1.73. The van der Waals surface area contributed by atoms with E-state index in [2.05, 4.69) is 18.4 Å². The van der Waals surface area contributed by atoms with Gasteiger partial charge in [0.25, 0.3) is 0 Å². The smallest absolute Gasteiger partial charge is 0.321 e. The second-order valence-electron chi connectivity index (χ2n) is 7.53. The van der Waals surface area contributed by atoms with Crippen LogP contribution in [0.4, 0.5) is 0 Å². The molecule has 0 spiro atoms. The van der Waals surface area contributed by atoms with Crippen LogP contribution in [0.25, 0.3) is 0 Å². The number of aliphatic carboxylic acids is 5. The highest BCUT2D eigenvalue weighted by molar-refractivity contribution is 7.80. The van der Waals surface area contributed by atoms with Crippen molar-refractivity contribution in [3.63, 3.8) is 0 Å². The van der Waals surface area contributed by atoms with Crippen LogP contribution in [0, 0.1) is 11.8 Å². The summed E-state index contributed by atoms with van der Waals surface area (Å²) in [6.07, 6.45) is 0.551. The minimum atomic E-state index is -1.00. The molecule has 0 saturated heterocycles. The summed E-state index contributed by atoms with van der Waals surface area (Å²) in [5.74, 6) is -4.21. The van der Waals surface area contributed by atoms with Gasteiger partial charge in [0.05, 0.1) is 6.54 Å². The van der Waals surface area contributed by atoms with Crippen LogP contribution in [0.5, 0.6) is 0 Å². The Morgan fingerprint density at radius 1 is 0.686 bits per heavy atom. The summed E-state index contributed by atoms with van der Waals surface area (Å²) in [4.78, 5) is 48.7. The zero-order valence-corrected chi connectivity index (χ0v) is 21.6. The zero-order valence-electron chi connectivity index (χ0n) is 20.7. The number of carboxylic acid groups (broad SMARTS) is 5. The van der Waals surface area contributed by atoms with Gasteiger partial charge in [-0.25, -0.2) is 0 Å². The molecule has 0 aromatic carbocycles. The van der Waals surface area contributed by atoms with E-state index in [0.29, 0.717) is 12.3 Å². The molecule has 0 aliphatic heterocycles. The van der Waals surface area contributed by atoms with Crippen LogP contribution in [0.1, 0.15) is 41.0 Å². The molecule has 0 aliphatic carbocycles. The van der Waals surface area contributed by atoms with Crippen LogP contribution in [0.2, 0.25) is 0 Å². The first-order valence-corrected chi connectivity index (χ1v) is 10.8. The Labute approximate surface area is 210 Å². The van der Waals surface area contributed by atoms with Crippen molar-refractivity contribution >= 4 is 42.5 Å². The number of thiol groups is 1. The molecule has 16 heteroatoms. The fourth-order valence-corrected chi connectivity index (χ4v) is 1.13. The molecule has 0 bridgehead atoms. The molecule has 35 heavy (non-hydrogen) atoms. The third-order valence-electron chi connectivity index (χ3n) is 3.12. The van der Waals surface area contributed by atoms with E-state index in [1.807, 2.05) is 13.8 Å². The first-order chi connectivity index (χ1) is 15.7. The van der Waals surface area contributed by atoms with E-state index in [0.717, 1.165) is 0 Å². The Kier molecular flexibility index (Phi) is 31.8. The first-order valence-electron chi connectivity index (χ1n) is 10.1. The fourth-order valence-electron chi connectivity index (χ4n) is 0.972. The van der Waals surface area contributed by atoms with Crippen LogP contribution < -0.4 is 28.7 Å². The number of rotatable bonds is 9. The van der Waals surface area contributed by atoms with E-state index < -0.39 is 54.0 Å². The van der Waals surface area contributed by atoms with Crippen LogP contribution in [-0.2, 0) is 24.0 Å². The van der Waals surface area contributed by atoms with Gasteiger partial charge >= 0.3 is 29.8 Å². The van der Waals surface area contributed by atoms with Gasteiger partial charge in [0, 0.05) is 5.75 Å². The second-order valence-corrected chi connectivity index (χ2v) is 7.90. The number of hydrogen-bond donors (Lipinski definition) is 11. The summed E-state index contributed by atoms with van der Waals surface area (Å²) in [5, 5.41) is 40.0. The highest BCUT2D eigenvalue weighted by atomic mass is 32.1. The van der Waals surface area contributed by atoms with Crippen molar-refractivity contribution in [3.8, 4) is 0 Å². The molecule has 0 unspecified atom stereocenters. The molecule has 0 aromatic rings. The minimum Gasteiger partial charge on any atom is -0.480 e. The van der Waals surface area contributed by atoms with Crippen LogP contribution in [0.3, 0.4) is 0 Å². The van der Waals surface area contributed by atoms with Gasteiger partial charge in [0.1, 0.15) is 24.2 Å². The first kappa shape index (κ1) is 42.6. The summed E-state index contributed by atoms with van der Waals surface area (Å²) >= 11 is 3.65. The molecule has 210 valence electrons. The van der Waals surface area contributed by atoms with Crippen LogP contribution >= 0.6 is 12.6 Å². The summed E-state index contributed by atoms with van der Waals surface area (Å²) < 4.78 is 0. The van der Waals surface area contributed by atoms with Crippen molar-refractivity contribution in [2.24, 2.45) is 40.5 Å². The van der Waals surface area contributed by atoms with E-state index in [4.69, 9.17) is 48.5 Å². The van der Waals surface area contributed by atoms with Crippen molar-refractivity contribution in [1.29, 1.82) is 0 Å². The van der Waals surface area contributed by atoms with Gasteiger partial charge in [-0.1, -0.05) is 27.7 Å². The van der Waals surface area contributed by atoms with Crippen molar-refractivity contribution < 1.29 is 49.5 Å². The van der Waals surface area contributed by atoms with Crippen LogP contribution in [-0.4, -0.2) is 91.8 Å². The standard InChI is InChI=1S/C6H13NO2.C5H11NO2.C3H7NO2S.C3H7NO2.C2H5NO2/c1-4(2)3-5(7)6(8)9;1-3(2)4(6)5(7)8;4-2(1-7)3(5)6;1-2(4)3(5)6;3-1-2(4)5/h4-5H,3,7H2,1-2H3,(H,8,9);3-4H,6H2,1-2H3,(H,7,8);2,7H,1,4H2,(H,5,6);2H,4H2,1H3,(H,5,6);1,3H2,(H,4,5)/t5-;4-;2*2-;/m0000./s1. The Bertz CT molecular complexity index is 607. The number of nitrogens with two attached hydrogens (primary N) is 5. The van der Waals surface area contributed by atoms with Gasteiger partial charge in [-0.2, -0.15) is 12.6 Å². The Hall–Kier alpha value is -2.50. The number of hydrogen-bond acceptors (Lipinski definition) is 11. The van der Waals surface area contributed by atoms with Crippen molar-refractivity contribution in [1.82, 2.24) is 0 Å². The van der Waals surface area contributed by atoms with Gasteiger partial charge < -0.3 is 54.2 Å². The van der Waals surface area contributed by atoms with Gasteiger partial charge in [-0.15, -0.1) is 0 Å². The molecule has 0 amide bonds. The van der Waals surface area contributed by atoms with Gasteiger partial charge in [-0.3, -0.25) is 24.0 Å². The van der Waals surface area contributed by atoms with Gasteiger partial charge in [0.2, 0.25) is 0 Å². The van der Waals surface area contributed by atoms with E-state index in [1.165, 1.54) is 6.92 Å². The average Bonchev–Trinajstić information content (AvgIpc) is 2.73. The highest BCUT2D eigenvalue weighted by Gasteiger charge is 2.14. The lowest BCUT2D eigenvalue weighted by molar-refractivity contribution is -0.140. The molecule has 0 radical (unpaired) electrons. The number of carbonyl (C=O) groups is 5. The predicted molar refractivity (Wildman–Crippen MR) is 133 cm³/mol. The second kappa shape index (κ2) is 26.1. The van der Waals surface area contributed by atoms with E-state index in [9.17, 15) is 24.0 Å². The topological polar surface area (TPSA) is 317 Å². The minimum absolute atomic E-state index is 0.0208. The summed E-state index contributed by atoms with van der Waals surface area (Å²) in [5.41, 5.74) is 24.7. The Morgan fingerprint density at radius 2 is 1.00 bits per heavy atom. The lowest BCUT2D eigenvalue weighted by Gasteiger charge is -2.07. The molecule has 4 atom stereocenters. The van der Waals surface area contributed by atoms with Crippen LogP contribution in [0.15, 0.2) is 0 Å². The molecule has 0 heterocycles. The molecular weight excluding hydrogens is 490 g/mol. The molecule has 15 nitrogen and oxygen atoms in total. The molecule has 15 N–H and O–H groups in total.